The molecule has 0 aliphatic carbocycles. The van der Waals surface area contributed by atoms with Crippen molar-refractivity contribution in [2.24, 2.45) is 0 Å². The molecule has 4 rings (SSSR count). The summed E-state index contributed by atoms with van der Waals surface area (Å²) in [4.78, 5) is 16.3. The van der Waals surface area contributed by atoms with Gasteiger partial charge in [0.15, 0.2) is 0 Å². The second-order valence-corrected chi connectivity index (χ2v) is 6.83. The Kier molecular flexibility index (Phi) is 4.46. The number of aromatic amines is 1. The number of anilines is 2. The molecule has 7 heteroatoms. The summed E-state index contributed by atoms with van der Waals surface area (Å²) in [7, 11) is 1.97. The van der Waals surface area contributed by atoms with Gasteiger partial charge in [0.05, 0.1) is 12.6 Å². The average molecular weight is 355 g/mol. The summed E-state index contributed by atoms with van der Waals surface area (Å²) in [5.74, 6) is 1.47. The van der Waals surface area contributed by atoms with Crippen molar-refractivity contribution in [3.8, 4) is 0 Å². The number of hydrogen-bond donors (Lipinski definition) is 2. The quantitative estimate of drug-likeness (QED) is 0.753. The molecule has 1 fully saturated rings. The van der Waals surface area contributed by atoms with Crippen LogP contribution >= 0.6 is 0 Å². The van der Waals surface area contributed by atoms with Gasteiger partial charge < -0.3 is 19.9 Å². The van der Waals surface area contributed by atoms with Gasteiger partial charge in [0.1, 0.15) is 23.8 Å². The van der Waals surface area contributed by atoms with Gasteiger partial charge in [0, 0.05) is 42.8 Å². The monoisotopic (exact) mass is 355 g/mol. The Hall–Kier alpha value is -2.67. The van der Waals surface area contributed by atoms with Crippen molar-refractivity contribution in [3.63, 3.8) is 0 Å². The van der Waals surface area contributed by atoms with E-state index < -0.39 is 0 Å². The van der Waals surface area contributed by atoms with E-state index in [1.807, 2.05) is 24.1 Å². The Labute approximate surface area is 151 Å². The number of nitrogens with zero attached hydrogens (tertiary/aromatic N) is 4. The van der Waals surface area contributed by atoms with E-state index in [4.69, 9.17) is 0 Å². The maximum Gasteiger partial charge on any atom is 0.134 e. The van der Waals surface area contributed by atoms with Gasteiger partial charge in [-0.15, -0.1) is 0 Å². The molecule has 2 N–H and O–H groups in total. The van der Waals surface area contributed by atoms with E-state index >= 15 is 0 Å². The van der Waals surface area contributed by atoms with Gasteiger partial charge in [-0.3, -0.25) is 0 Å². The number of aliphatic hydroxyl groups is 1. The van der Waals surface area contributed by atoms with Gasteiger partial charge in [-0.05, 0) is 37.1 Å². The Bertz CT molecular complexity index is 904. The van der Waals surface area contributed by atoms with E-state index in [-0.39, 0.29) is 11.9 Å². The fraction of sp³-hybridized carbons (Fsp3) is 0.368. The third-order valence-electron chi connectivity index (χ3n) is 4.86. The molecule has 0 atom stereocenters. The molecule has 1 aliphatic rings. The van der Waals surface area contributed by atoms with Gasteiger partial charge in [-0.25, -0.2) is 14.4 Å². The lowest BCUT2D eigenvalue weighted by molar-refractivity contribution is 0.145. The Morgan fingerprint density at radius 2 is 2.04 bits per heavy atom. The maximum absolute atomic E-state index is 13.4. The molecule has 0 bridgehead atoms. The zero-order chi connectivity index (χ0) is 18.1. The number of rotatable bonds is 4. The van der Waals surface area contributed by atoms with Crippen molar-refractivity contribution in [1.82, 2.24) is 15.0 Å². The average Bonchev–Trinajstić information content (AvgIpc) is 3.03. The second-order valence-electron chi connectivity index (χ2n) is 6.83. The standard InChI is InChI=1S/C19H22FN5O/c1-24(11-15-9-13-8-14(20)2-3-17(13)23-15)18-10-19(22-12-21-18)25-6-4-16(26)5-7-25/h2-3,8-10,12,16,23,26H,4-7,11H2,1H3. The molecule has 2 aromatic heterocycles. The van der Waals surface area contributed by atoms with Crippen LogP contribution in [0.1, 0.15) is 18.5 Å². The van der Waals surface area contributed by atoms with E-state index in [9.17, 15) is 9.50 Å². The lowest BCUT2D eigenvalue weighted by Gasteiger charge is -2.31. The highest BCUT2D eigenvalue weighted by atomic mass is 19.1. The molecule has 1 saturated heterocycles. The SMILES string of the molecule is CN(Cc1cc2cc(F)ccc2[nH]1)c1cc(N2CCC(O)CC2)ncn1. The first-order valence-electron chi connectivity index (χ1n) is 8.82. The van der Waals surface area contributed by atoms with E-state index in [0.29, 0.717) is 6.54 Å². The summed E-state index contributed by atoms with van der Waals surface area (Å²) in [5, 5.41) is 10.5. The van der Waals surface area contributed by atoms with Crippen LogP contribution in [0.4, 0.5) is 16.0 Å². The van der Waals surface area contributed by atoms with Crippen LogP contribution in [0.2, 0.25) is 0 Å². The Balaban J connectivity index is 1.50. The first kappa shape index (κ1) is 16.8. The predicted octanol–water partition coefficient (Wildman–Crippen LogP) is 2.69. The van der Waals surface area contributed by atoms with Crippen molar-refractivity contribution in [2.75, 3.05) is 29.9 Å². The summed E-state index contributed by atoms with van der Waals surface area (Å²) in [5.41, 5.74) is 1.92. The fourth-order valence-electron chi connectivity index (χ4n) is 3.40. The molecule has 3 aromatic rings. The Morgan fingerprint density at radius 1 is 1.23 bits per heavy atom. The molecule has 1 aliphatic heterocycles. The minimum atomic E-state index is -0.233. The molecule has 3 heterocycles. The molecule has 0 amide bonds. The zero-order valence-electron chi connectivity index (χ0n) is 14.7. The molecular weight excluding hydrogens is 333 g/mol. The molecule has 26 heavy (non-hydrogen) atoms. The molecule has 0 radical (unpaired) electrons. The van der Waals surface area contributed by atoms with Gasteiger partial charge in [-0.2, -0.15) is 0 Å². The van der Waals surface area contributed by atoms with Crippen LogP contribution in [0.5, 0.6) is 0 Å². The van der Waals surface area contributed by atoms with E-state index in [1.54, 1.807) is 12.4 Å². The molecular formula is C19H22FN5O. The van der Waals surface area contributed by atoms with E-state index in [1.165, 1.54) is 12.1 Å². The summed E-state index contributed by atoms with van der Waals surface area (Å²) >= 11 is 0. The lowest BCUT2D eigenvalue weighted by Crippen LogP contribution is -2.36. The van der Waals surface area contributed by atoms with Gasteiger partial charge >= 0.3 is 0 Å². The van der Waals surface area contributed by atoms with Crippen molar-refractivity contribution < 1.29 is 9.50 Å². The van der Waals surface area contributed by atoms with Crippen LogP contribution in [-0.4, -0.2) is 46.3 Å². The first-order chi connectivity index (χ1) is 12.6. The van der Waals surface area contributed by atoms with Gasteiger partial charge in [-0.1, -0.05) is 0 Å². The number of aromatic nitrogens is 3. The smallest absolute Gasteiger partial charge is 0.134 e. The summed E-state index contributed by atoms with van der Waals surface area (Å²) in [6, 6.07) is 8.67. The number of halogens is 1. The van der Waals surface area contributed by atoms with E-state index in [0.717, 1.165) is 54.2 Å². The number of benzene rings is 1. The van der Waals surface area contributed by atoms with Crippen molar-refractivity contribution in [3.05, 3.63) is 48.2 Å². The van der Waals surface area contributed by atoms with Crippen molar-refractivity contribution >= 4 is 22.5 Å². The number of hydrogen-bond acceptors (Lipinski definition) is 5. The highest BCUT2D eigenvalue weighted by molar-refractivity contribution is 5.80. The summed E-state index contributed by atoms with van der Waals surface area (Å²) in [6.45, 7) is 2.23. The van der Waals surface area contributed by atoms with Gasteiger partial charge in [0.25, 0.3) is 0 Å². The maximum atomic E-state index is 13.4. The van der Waals surface area contributed by atoms with Crippen molar-refractivity contribution in [1.29, 1.82) is 0 Å². The number of piperidine rings is 1. The Morgan fingerprint density at radius 3 is 2.85 bits per heavy atom. The highest BCUT2D eigenvalue weighted by Crippen LogP contribution is 2.23. The molecule has 6 nitrogen and oxygen atoms in total. The lowest BCUT2D eigenvalue weighted by atomic mass is 10.1. The predicted molar refractivity (Wildman–Crippen MR) is 99.8 cm³/mol. The van der Waals surface area contributed by atoms with Crippen LogP contribution in [0.3, 0.4) is 0 Å². The number of aliphatic hydroxyl groups excluding tert-OH is 1. The van der Waals surface area contributed by atoms with Crippen LogP contribution in [-0.2, 0) is 6.54 Å². The molecule has 1 aromatic carbocycles. The van der Waals surface area contributed by atoms with Crippen LogP contribution in [0.25, 0.3) is 10.9 Å². The minimum absolute atomic E-state index is 0.206. The first-order valence-corrected chi connectivity index (χ1v) is 8.82. The topological polar surface area (TPSA) is 68.3 Å². The number of fused-ring (bicyclic) bond motifs is 1. The number of H-pyrrole nitrogens is 1. The summed E-state index contributed by atoms with van der Waals surface area (Å²) < 4.78 is 13.4. The highest BCUT2D eigenvalue weighted by Gasteiger charge is 2.19. The van der Waals surface area contributed by atoms with Gasteiger partial charge in [0.2, 0.25) is 0 Å². The largest absolute Gasteiger partial charge is 0.393 e. The summed E-state index contributed by atoms with van der Waals surface area (Å²) in [6.07, 6.45) is 2.90. The third kappa shape index (κ3) is 3.48. The van der Waals surface area contributed by atoms with Crippen LogP contribution < -0.4 is 9.80 Å². The van der Waals surface area contributed by atoms with Crippen molar-refractivity contribution in [2.45, 2.75) is 25.5 Å². The zero-order valence-corrected chi connectivity index (χ0v) is 14.7. The van der Waals surface area contributed by atoms with E-state index in [2.05, 4.69) is 19.9 Å². The molecule has 0 spiro atoms. The second kappa shape index (κ2) is 6.92. The molecule has 136 valence electrons. The molecule has 0 unspecified atom stereocenters. The molecule has 0 saturated carbocycles. The number of nitrogens with one attached hydrogen (secondary N) is 1. The normalized spacial score (nSPS) is 15.6. The third-order valence-corrected chi connectivity index (χ3v) is 4.86. The minimum Gasteiger partial charge on any atom is -0.393 e. The van der Waals surface area contributed by atoms with Crippen LogP contribution in [0.15, 0.2) is 36.7 Å². The fourth-order valence-corrected chi connectivity index (χ4v) is 3.40. The van der Waals surface area contributed by atoms with Crippen LogP contribution in [0, 0.1) is 5.82 Å².